The van der Waals surface area contributed by atoms with Crippen LogP contribution in [0.3, 0.4) is 0 Å². The average molecular weight is 342 g/mol. The van der Waals surface area contributed by atoms with E-state index < -0.39 is 0 Å². The first-order valence-electron chi connectivity index (χ1n) is 8.95. The van der Waals surface area contributed by atoms with E-state index in [4.69, 9.17) is 9.73 Å². The van der Waals surface area contributed by atoms with Crippen LogP contribution in [0.2, 0.25) is 0 Å². The molecule has 130 valence electrons. The molecule has 3 aromatic carbocycles. The maximum atomic E-state index is 5.88. The molecule has 3 aromatic rings. The second-order valence-electron chi connectivity index (χ2n) is 6.44. The Balaban J connectivity index is 1.49. The summed E-state index contributed by atoms with van der Waals surface area (Å²) in [7, 11) is 0. The van der Waals surface area contributed by atoms with Crippen LogP contribution in [-0.2, 0) is 11.3 Å². The fourth-order valence-corrected chi connectivity index (χ4v) is 3.30. The largest absolute Gasteiger partial charge is 0.369 e. The van der Waals surface area contributed by atoms with Gasteiger partial charge in [0.15, 0.2) is 0 Å². The number of rotatable bonds is 6. The zero-order valence-corrected chi connectivity index (χ0v) is 14.6. The third kappa shape index (κ3) is 3.84. The Bertz CT molecular complexity index is 847. The number of hydrogen-bond donors (Lipinski definition) is 1. The zero-order chi connectivity index (χ0) is 17.6. The van der Waals surface area contributed by atoms with Crippen molar-refractivity contribution in [1.82, 2.24) is 5.32 Å². The smallest absolute Gasteiger partial charge is 0.124 e. The summed E-state index contributed by atoms with van der Waals surface area (Å²) < 4.78 is 5.88. The van der Waals surface area contributed by atoms with Crippen molar-refractivity contribution in [2.75, 3.05) is 6.61 Å². The lowest BCUT2D eigenvalue weighted by Crippen LogP contribution is -2.27. The van der Waals surface area contributed by atoms with Crippen LogP contribution in [0, 0.1) is 0 Å². The molecule has 0 radical (unpaired) electrons. The summed E-state index contributed by atoms with van der Waals surface area (Å²) in [4.78, 5) is 4.93. The van der Waals surface area contributed by atoms with E-state index in [1.165, 1.54) is 16.7 Å². The SMILES string of the molecule is c1ccc(COCC2=N[C@@H](c3ccccc3)C(c3ccccc3)N2)cc1. The Morgan fingerprint density at radius 3 is 1.92 bits per heavy atom. The van der Waals surface area contributed by atoms with Gasteiger partial charge in [-0.05, 0) is 16.7 Å². The number of hydrogen-bond acceptors (Lipinski definition) is 3. The predicted molar refractivity (Wildman–Crippen MR) is 105 cm³/mol. The molecule has 1 aliphatic heterocycles. The highest BCUT2D eigenvalue weighted by Gasteiger charge is 2.30. The van der Waals surface area contributed by atoms with Crippen molar-refractivity contribution in [3.05, 3.63) is 108 Å². The predicted octanol–water partition coefficient (Wildman–Crippen LogP) is 4.69. The molecular formula is C23H22N2O. The molecule has 1 aliphatic rings. The summed E-state index contributed by atoms with van der Waals surface area (Å²) in [5.74, 6) is 0.906. The first-order valence-corrected chi connectivity index (χ1v) is 8.95. The molecule has 0 aromatic heterocycles. The average Bonchev–Trinajstić information content (AvgIpc) is 3.14. The van der Waals surface area contributed by atoms with Crippen LogP contribution in [0.1, 0.15) is 28.8 Å². The lowest BCUT2D eigenvalue weighted by Gasteiger charge is -2.19. The minimum atomic E-state index is 0.0638. The van der Waals surface area contributed by atoms with Crippen LogP contribution in [0.25, 0.3) is 0 Å². The van der Waals surface area contributed by atoms with E-state index in [1.54, 1.807) is 0 Å². The zero-order valence-electron chi connectivity index (χ0n) is 14.6. The molecule has 3 nitrogen and oxygen atoms in total. The van der Waals surface area contributed by atoms with Gasteiger partial charge in [0.05, 0.1) is 12.6 Å². The lowest BCUT2D eigenvalue weighted by molar-refractivity contribution is 0.156. The fourth-order valence-electron chi connectivity index (χ4n) is 3.30. The molecule has 1 N–H and O–H groups in total. The van der Waals surface area contributed by atoms with Crippen molar-refractivity contribution >= 4 is 5.84 Å². The number of nitrogens with one attached hydrogen (secondary N) is 1. The maximum absolute atomic E-state index is 5.88. The number of nitrogens with zero attached hydrogens (tertiary/aromatic N) is 1. The van der Waals surface area contributed by atoms with E-state index in [-0.39, 0.29) is 12.1 Å². The van der Waals surface area contributed by atoms with Gasteiger partial charge >= 0.3 is 0 Å². The summed E-state index contributed by atoms with van der Waals surface area (Å²) in [5.41, 5.74) is 3.63. The minimum Gasteiger partial charge on any atom is -0.369 e. The summed E-state index contributed by atoms with van der Waals surface area (Å²) >= 11 is 0. The van der Waals surface area contributed by atoms with Crippen molar-refractivity contribution in [1.29, 1.82) is 0 Å². The van der Waals surface area contributed by atoms with Crippen molar-refractivity contribution in [2.24, 2.45) is 4.99 Å². The summed E-state index contributed by atoms with van der Waals surface area (Å²) in [6.45, 7) is 1.08. The molecular weight excluding hydrogens is 320 g/mol. The topological polar surface area (TPSA) is 33.6 Å². The molecule has 0 bridgehead atoms. The second kappa shape index (κ2) is 7.98. The van der Waals surface area contributed by atoms with Crippen LogP contribution in [-0.4, -0.2) is 12.4 Å². The van der Waals surface area contributed by atoms with E-state index in [0.717, 1.165) is 5.84 Å². The molecule has 0 amide bonds. The Morgan fingerprint density at radius 1 is 0.692 bits per heavy atom. The molecule has 1 heterocycles. The van der Waals surface area contributed by atoms with Crippen molar-refractivity contribution in [2.45, 2.75) is 18.7 Å². The number of aliphatic imine (C=N–C) groups is 1. The van der Waals surface area contributed by atoms with Crippen LogP contribution in [0.15, 0.2) is 96.0 Å². The quantitative estimate of drug-likeness (QED) is 0.705. The van der Waals surface area contributed by atoms with Gasteiger partial charge in [0, 0.05) is 0 Å². The molecule has 3 heteroatoms. The van der Waals surface area contributed by atoms with E-state index in [1.807, 2.05) is 30.3 Å². The third-order valence-electron chi connectivity index (χ3n) is 4.58. The van der Waals surface area contributed by atoms with Gasteiger partial charge in [-0.2, -0.15) is 0 Å². The number of amidine groups is 1. The summed E-state index contributed by atoms with van der Waals surface area (Å²) in [6, 6.07) is 31.3. The van der Waals surface area contributed by atoms with Crippen molar-refractivity contribution in [3.8, 4) is 0 Å². The van der Waals surface area contributed by atoms with Gasteiger partial charge in [0.2, 0.25) is 0 Å². The number of ether oxygens (including phenoxy) is 1. The number of benzene rings is 3. The molecule has 26 heavy (non-hydrogen) atoms. The van der Waals surface area contributed by atoms with E-state index in [9.17, 15) is 0 Å². The van der Waals surface area contributed by atoms with Crippen molar-refractivity contribution in [3.63, 3.8) is 0 Å². The highest BCUT2D eigenvalue weighted by molar-refractivity contribution is 5.86. The molecule has 0 aliphatic carbocycles. The van der Waals surface area contributed by atoms with Gasteiger partial charge in [-0.25, -0.2) is 0 Å². The van der Waals surface area contributed by atoms with Crippen LogP contribution >= 0.6 is 0 Å². The molecule has 1 unspecified atom stereocenters. The first-order chi connectivity index (χ1) is 12.9. The summed E-state index contributed by atoms with van der Waals surface area (Å²) in [5, 5.41) is 3.57. The van der Waals surface area contributed by atoms with Crippen LogP contribution in [0.4, 0.5) is 0 Å². The minimum absolute atomic E-state index is 0.0638. The second-order valence-corrected chi connectivity index (χ2v) is 6.44. The van der Waals surface area contributed by atoms with Gasteiger partial charge in [-0.3, -0.25) is 4.99 Å². The fraction of sp³-hybridized carbons (Fsp3) is 0.174. The van der Waals surface area contributed by atoms with Gasteiger partial charge in [-0.1, -0.05) is 91.0 Å². The standard InChI is InChI=1S/C23H22N2O/c1-4-10-18(11-5-1)16-26-17-21-24-22(19-12-6-2-7-13-19)23(25-21)20-14-8-3-9-15-20/h1-15,22-23H,16-17H2,(H,24,25)/t22-,23?/m0/s1. The Kier molecular flexibility index (Phi) is 5.08. The Hall–Kier alpha value is -2.91. The normalized spacial score (nSPS) is 19.0. The maximum Gasteiger partial charge on any atom is 0.124 e. The van der Waals surface area contributed by atoms with Crippen molar-refractivity contribution < 1.29 is 4.74 Å². The molecule has 0 fully saturated rings. The third-order valence-corrected chi connectivity index (χ3v) is 4.58. The summed E-state index contributed by atoms with van der Waals surface area (Å²) in [6.07, 6.45) is 0. The highest BCUT2D eigenvalue weighted by Crippen LogP contribution is 2.35. The monoisotopic (exact) mass is 342 g/mol. The van der Waals surface area contributed by atoms with Gasteiger partial charge in [0.25, 0.3) is 0 Å². The molecule has 0 saturated carbocycles. The molecule has 0 saturated heterocycles. The van der Waals surface area contributed by atoms with Gasteiger partial charge in [0.1, 0.15) is 18.5 Å². The van der Waals surface area contributed by atoms with E-state index in [0.29, 0.717) is 13.2 Å². The van der Waals surface area contributed by atoms with Crippen LogP contribution in [0.5, 0.6) is 0 Å². The molecule has 0 spiro atoms. The van der Waals surface area contributed by atoms with E-state index in [2.05, 4.69) is 66.0 Å². The van der Waals surface area contributed by atoms with Crippen LogP contribution < -0.4 is 5.32 Å². The Labute approximate surface area is 154 Å². The lowest BCUT2D eigenvalue weighted by atomic mass is 9.95. The highest BCUT2D eigenvalue weighted by atomic mass is 16.5. The van der Waals surface area contributed by atoms with Gasteiger partial charge < -0.3 is 10.1 Å². The molecule has 4 rings (SSSR count). The van der Waals surface area contributed by atoms with Gasteiger partial charge in [-0.15, -0.1) is 0 Å². The molecule has 2 atom stereocenters. The first kappa shape index (κ1) is 16.6. The van der Waals surface area contributed by atoms with E-state index >= 15 is 0 Å². The Morgan fingerprint density at radius 2 is 1.27 bits per heavy atom.